The van der Waals surface area contributed by atoms with Crippen LogP contribution in [-0.2, 0) is 0 Å². The molecule has 1 unspecified atom stereocenters. The first-order valence-corrected chi connectivity index (χ1v) is 7.64. The van der Waals surface area contributed by atoms with Crippen molar-refractivity contribution >= 4 is 11.4 Å². The summed E-state index contributed by atoms with van der Waals surface area (Å²) in [7, 11) is 0. The monoisotopic (exact) mass is 277 g/mol. The first kappa shape index (κ1) is 15.0. The number of anilines is 2. The second-order valence-corrected chi connectivity index (χ2v) is 5.72. The third-order valence-electron chi connectivity index (χ3n) is 3.82. The Morgan fingerprint density at radius 1 is 1.45 bits per heavy atom. The van der Waals surface area contributed by atoms with Crippen molar-refractivity contribution in [1.29, 1.82) is 0 Å². The molecule has 1 aromatic carbocycles. The molecule has 0 aliphatic carbocycles. The van der Waals surface area contributed by atoms with E-state index in [4.69, 9.17) is 10.5 Å². The first-order chi connectivity index (χ1) is 9.60. The van der Waals surface area contributed by atoms with Crippen molar-refractivity contribution in [2.75, 3.05) is 30.7 Å². The van der Waals surface area contributed by atoms with Gasteiger partial charge >= 0.3 is 0 Å². The standard InChI is InChI=1S/C16H27N3O/c1-4-19-9-5-6-14(19)11-18-13-7-8-15(17)16(10-13)20-12(2)3/h7-8,10,12,14,18H,4-6,9,11,17H2,1-3H3. The number of benzene rings is 1. The normalized spacial score (nSPS) is 19.5. The fourth-order valence-corrected chi connectivity index (χ4v) is 2.78. The van der Waals surface area contributed by atoms with E-state index in [-0.39, 0.29) is 6.10 Å². The predicted octanol–water partition coefficient (Wildman–Crippen LogP) is 2.95. The van der Waals surface area contributed by atoms with E-state index in [0.29, 0.717) is 11.7 Å². The quantitative estimate of drug-likeness (QED) is 0.785. The van der Waals surface area contributed by atoms with Crippen LogP contribution < -0.4 is 15.8 Å². The van der Waals surface area contributed by atoms with Gasteiger partial charge in [-0.25, -0.2) is 0 Å². The molecular weight excluding hydrogens is 250 g/mol. The summed E-state index contributed by atoms with van der Waals surface area (Å²) in [6.07, 6.45) is 2.73. The average molecular weight is 277 g/mol. The SMILES string of the molecule is CCN1CCCC1CNc1ccc(N)c(OC(C)C)c1. The lowest BCUT2D eigenvalue weighted by Gasteiger charge is -2.23. The number of nitrogens with two attached hydrogens (primary N) is 1. The molecular formula is C16H27N3O. The Morgan fingerprint density at radius 2 is 2.25 bits per heavy atom. The van der Waals surface area contributed by atoms with E-state index < -0.39 is 0 Å². The van der Waals surface area contributed by atoms with Crippen molar-refractivity contribution in [1.82, 2.24) is 4.90 Å². The molecule has 1 saturated heterocycles. The van der Waals surface area contributed by atoms with E-state index in [1.807, 2.05) is 32.0 Å². The summed E-state index contributed by atoms with van der Waals surface area (Å²) in [6.45, 7) is 9.60. The van der Waals surface area contributed by atoms with E-state index in [2.05, 4.69) is 17.1 Å². The Morgan fingerprint density at radius 3 is 2.95 bits per heavy atom. The Bertz CT molecular complexity index is 434. The molecule has 1 aliphatic heterocycles. The summed E-state index contributed by atoms with van der Waals surface area (Å²) in [6, 6.07) is 6.58. The predicted molar refractivity (Wildman–Crippen MR) is 85.4 cm³/mol. The van der Waals surface area contributed by atoms with Gasteiger partial charge in [-0.3, -0.25) is 4.90 Å². The molecule has 0 amide bonds. The van der Waals surface area contributed by atoms with Crippen LogP contribution >= 0.6 is 0 Å². The molecule has 1 heterocycles. The molecule has 112 valence electrons. The van der Waals surface area contributed by atoms with Crippen LogP contribution in [0, 0.1) is 0 Å². The maximum Gasteiger partial charge on any atom is 0.144 e. The lowest BCUT2D eigenvalue weighted by molar-refractivity contribution is 0.244. The van der Waals surface area contributed by atoms with Gasteiger partial charge in [0, 0.05) is 24.3 Å². The van der Waals surface area contributed by atoms with Gasteiger partial charge in [-0.2, -0.15) is 0 Å². The highest BCUT2D eigenvalue weighted by Crippen LogP contribution is 2.27. The average Bonchev–Trinajstić information content (AvgIpc) is 2.86. The molecule has 4 heteroatoms. The number of nitrogen functional groups attached to an aromatic ring is 1. The first-order valence-electron chi connectivity index (χ1n) is 7.64. The van der Waals surface area contributed by atoms with Gasteiger partial charge in [0.1, 0.15) is 5.75 Å². The summed E-state index contributed by atoms with van der Waals surface area (Å²) in [5.74, 6) is 0.767. The molecule has 1 aromatic rings. The van der Waals surface area contributed by atoms with Gasteiger partial charge in [-0.15, -0.1) is 0 Å². The minimum atomic E-state index is 0.137. The van der Waals surface area contributed by atoms with Gasteiger partial charge < -0.3 is 15.8 Å². The molecule has 0 aromatic heterocycles. The molecule has 0 bridgehead atoms. The molecule has 0 saturated carbocycles. The second-order valence-electron chi connectivity index (χ2n) is 5.72. The molecule has 0 radical (unpaired) electrons. The molecule has 20 heavy (non-hydrogen) atoms. The van der Waals surface area contributed by atoms with Crippen molar-refractivity contribution in [3.8, 4) is 5.75 Å². The Hall–Kier alpha value is -1.42. The van der Waals surface area contributed by atoms with E-state index >= 15 is 0 Å². The molecule has 0 spiro atoms. The van der Waals surface area contributed by atoms with Crippen molar-refractivity contribution in [3.63, 3.8) is 0 Å². The zero-order chi connectivity index (χ0) is 14.5. The van der Waals surface area contributed by atoms with Gasteiger partial charge in [0.25, 0.3) is 0 Å². The van der Waals surface area contributed by atoms with Gasteiger partial charge in [-0.05, 0) is 51.9 Å². The number of hydrogen-bond donors (Lipinski definition) is 2. The minimum absolute atomic E-state index is 0.137. The number of nitrogens with zero attached hydrogens (tertiary/aromatic N) is 1. The van der Waals surface area contributed by atoms with Crippen LogP contribution in [0.3, 0.4) is 0 Å². The number of rotatable bonds is 6. The van der Waals surface area contributed by atoms with E-state index in [0.717, 1.165) is 24.5 Å². The topological polar surface area (TPSA) is 50.5 Å². The van der Waals surface area contributed by atoms with Crippen LogP contribution in [-0.4, -0.2) is 36.7 Å². The summed E-state index contributed by atoms with van der Waals surface area (Å²) in [5.41, 5.74) is 7.71. The maximum atomic E-state index is 5.94. The third-order valence-corrected chi connectivity index (χ3v) is 3.82. The summed E-state index contributed by atoms with van der Waals surface area (Å²) in [4.78, 5) is 2.54. The fourth-order valence-electron chi connectivity index (χ4n) is 2.78. The van der Waals surface area contributed by atoms with Crippen LogP contribution in [0.4, 0.5) is 11.4 Å². The fraction of sp³-hybridized carbons (Fsp3) is 0.625. The van der Waals surface area contributed by atoms with Crippen LogP contribution in [0.5, 0.6) is 5.75 Å². The van der Waals surface area contributed by atoms with Crippen molar-refractivity contribution < 1.29 is 4.74 Å². The zero-order valence-corrected chi connectivity index (χ0v) is 12.9. The molecule has 1 atom stereocenters. The molecule has 1 fully saturated rings. The number of likely N-dealkylation sites (tertiary alicyclic amines) is 1. The van der Waals surface area contributed by atoms with E-state index in [1.54, 1.807) is 0 Å². The minimum Gasteiger partial charge on any atom is -0.489 e. The van der Waals surface area contributed by atoms with Crippen LogP contribution in [0.1, 0.15) is 33.6 Å². The van der Waals surface area contributed by atoms with Gasteiger partial charge in [0.05, 0.1) is 11.8 Å². The largest absolute Gasteiger partial charge is 0.489 e. The smallest absolute Gasteiger partial charge is 0.144 e. The van der Waals surface area contributed by atoms with Crippen molar-refractivity contribution in [2.45, 2.75) is 45.8 Å². The summed E-state index contributed by atoms with van der Waals surface area (Å²) in [5, 5.41) is 3.51. The Kier molecular flexibility index (Phi) is 5.12. The lowest BCUT2D eigenvalue weighted by atomic mass is 10.2. The van der Waals surface area contributed by atoms with E-state index in [1.165, 1.54) is 19.4 Å². The van der Waals surface area contributed by atoms with Crippen molar-refractivity contribution in [2.24, 2.45) is 0 Å². The summed E-state index contributed by atoms with van der Waals surface area (Å²) < 4.78 is 5.72. The highest BCUT2D eigenvalue weighted by Gasteiger charge is 2.22. The highest BCUT2D eigenvalue weighted by atomic mass is 16.5. The van der Waals surface area contributed by atoms with Gasteiger partial charge in [-0.1, -0.05) is 6.92 Å². The number of nitrogens with one attached hydrogen (secondary N) is 1. The maximum absolute atomic E-state index is 5.94. The highest BCUT2D eigenvalue weighted by molar-refractivity contribution is 5.61. The van der Waals surface area contributed by atoms with Gasteiger partial charge in [0.2, 0.25) is 0 Å². The number of likely N-dealkylation sites (N-methyl/N-ethyl adjacent to an activating group) is 1. The van der Waals surface area contributed by atoms with Crippen LogP contribution in [0.2, 0.25) is 0 Å². The number of hydrogen-bond acceptors (Lipinski definition) is 4. The molecule has 4 nitrogen and oxygen atoms in total. The molecule has 3 N–H and O–H groups in total. The summed E-state index contributed by atoms with van der Waals surface area (Å²) >= 11 is 0. The van der Waals surface area contributed by atoms with Gasteiger partial charge in [0.15, 0.2) is 0 Å². The Labute approximate surface area is 122 Å². The zero-order valence-electron chi connectivity index (χ0n) is 12.9. The van der Waals surface area contributed by atoms with Crippen LogP contribution in [0.25, 0.3) is 0 Å². The van der Waals surface area contributed by atoms with Crippen LogP contribution in [0.15, 0.2) is 18.2 Å². The lowest BCUT2D eigenvalue weighted by Crippen LogP contribution is -2.34. The molecule has 1 aliphatic rings. The molecule has 2 rings (SSSR count). The number of ether oxygens (including phenoxy) is 1. The third kappa shape index (κ3) is 3.79. The Balaban J connectivity index is 1.95. The van der Waals surface area contributed by atoms with E-state index in [9.17, 15) is 0 Å². The van der Waals surface area contributed by atoms with Crippen molar-refractivity contribution in [3.05, 3.63) is 18.2 Å². The second kappa shape index (κ2) is 6.84.